The minimum Gasteiger partial charge on any atom is -0.489 e. The van der Waals surface area contributed by atoms with Gasteiger partial charge in [0.25, 0.3) is 0 Å². The molecule has 0 saturated heterocycles. The summed E-state index contributed by atoms with van der Waals surface area (Å²) in [6, 6.07) is 18.5. The van der Waals surface area contributed by atoms with Crippen LogP contribution in [0.1, 0.15) is 27.0 Å². The summed E-state index contributed by atoms with van der Waals surface area (Å²) < 4.78 is 11.6. The van der Waals surface area contributed by atoms with Gasteiger partial charge in [-0.05, 0) is 48.4 Å². The molecule has 5 heteroatoms. The van der Waals surface area contributed by atoms with Gasteiger partial charge >= 0.3 is 0 Å². The lowest BCUT2D eigenvalue weighted by molar-refractivity contribution is 0.101. The van der Waals surface area contributed by atoms with Crippen molar-refractivity contribution in [2.45, 2.75) is 13.5 Å². The van der Waals surface area contributed by atoms with E-state index >= 15 is 0 Å². The molecular weight excluding hydrogens is 395 g/mol. The smallest absolute Gasteiger partial charge is 0.231 e. The van der Waals surface area contributed by atoms with Gasteiger partial charge in [0, 0.05) is 6.07 Å². The number of ketones is 1. The zero-order chi connectivity index (χ0) is 19.7. The number of allylic oxidation sites excluding steroid dienone is 1. The molecule has 0 amide bonds. The van der Waals surface area contributed by atoms with Gasteiger partial charge in [-0.1, -0.05) is 59.1 Å². The van der Waals surface area contributed by atoms with Crippen molar-refractivity contribution in [1.82, 2.24) is 0 Å². The number of hydrogen-bond acceptors (Lipinski definition) is 3. The van der Waals surface area contributed by atoms with E-state index in [1.54, 1.807) is 42.5 Å². The monoisotopic (exact) mass is 410 g/mol. The Labute approximate surface area is 173 Å². The minimum atomic E-state index is -0.175. The van der Waals surface area contributed by atoms with E-state index in [1.165, 1.54) is 5.56 Å². The highest BCUT2D eigenvalue weighted by Crippen LogP contribution is 2.35. The van der Waals surface area contributed by atoms with Gasteiger partial charge in [0.2, 0.25) is 5.78 Å². The number of Topliss-reactive ketones (excluding diaryl/α,β-unsaturated/α-hetero) is 1. The van der Waals surface area contributed by atoms with Crippen molar-refractivity contribution < 1.29 is 14.3 Å². The number of carbonyl (C=O) groups is 1. The van der Waals surface area contributed by atoms with Crippen LogP contribution in [0.15, 0.2) is 66.4 Å². The number of halogens is 2. The Kier molecular flexibility index (Phi) is 5.12. The first-order valence-electron chi connectivity index (χ1n) is 8.71. The number of aryl methyl sites for hydroxylation is 1. The summed E-state index contributed by atoms with van der Waals surface area (Å²) in [4.78, 5) is 12.6. The molecule has 0 aliphatic carbocycles. The highest BCUT2D eigenvalue weighted by atomic mass is 35.5. The van der Waals surface area contributed by atoms with Gasteiger partial charge in [-0.25, -0.2) is 0 Å². The third-order valence-electron chi connectivity index (χ3n) is 4.41. The third kappa shape index (κ3) is 3.91. The Morgan fingerprint density at radius 2 is 1.75 bits per heavy atom. The van der Waals surface area contributed by atoms with Crippen molar-refractivity contribution in [1.29, 1.82) is 0 Å². The summed E-state index contributed by atoms with van der Waals surface area (Å²) in [6.07, 6.45) is 1.65. The number of fused-ring (bicyclic) bond motifs is 1. The van der Waals surface area contributed by atoms with E-state index in [2.05, 4.69) is 0 Å². The van der Waals surface area contributed by atoms with Crippen LogP contribution < -0.4 is 9.47 Å². The lowest BCUT2D eigenvalue weighted by Gasteiger charge is -2.07. The Hall–Kier alpha value is -2.75. The zero-order valence-corrected chi connectivity index (χ0v) is 16.6. The molecule has 1 aliphatic heterocycles. The fraction of sp³-hybridized carbons (Fsp3) is 0.0870. The second-order valence-electron chi connectivity index (χ2n) is 6.55. The van der Waals surface area contributed by atoms with E-state index in [1.807, 2.05) is 31.2 Å². The maximum absolute atomic E-state index is 12.6. The quantitative estimate of drug-likeness (QED) is 0.460. The maximum Gasteiger partial charge on any atom is 0.231 e. The summed E-state index contributed by atoms with van der Waals surface area (Å²) in [5, 5.41) is 0.881. The molecule has 140 valence electrons. The summed E-state index contributed by atoms with van der Waals surface area (Å²) in [5.74, 6) is 1.19. The van der Waals surface area contributed by atoms with E-state index in [9.17, 15) is 4.79 Å². The number of rotatable bonds is 4. The first-order valence-corrected chi connectivity index (χ1v) is 9.47. The van der Waals surface area contributed by atoms with Crippen LogP contribution in [0.2, 0.25) is 10.0 Å². The standard InChI is InChI=1S/C23H16Cl2O3/c1-14-2-4-15(5-3-14)13-27-17-7-8-18-21(12-17)28-22(23(18)26)11-16-6-9-19(24)20(25)10-16/h2-12H,13H2,1H3/b22-11-. The molecule has 1 aliphatic rings. The van der Waals surface area contributed by atoms with Crippen LogP contribution >= 0.6 is 23.2 Å². The molecule has 3 nitrogen and oxygen atoms in total. The average Bonchev–Trinajstić information content (AvgIpc) is 2.99. The maximum atomic E-state index is 12.6. The molecule has 0 aromatic heterocycles. The van der Waals surface area contributed by atoms with E-state index in [4.69, 9.17) is 32.7 Å². The molecule has 28 heavy (non-hydrogen) atoms. The molecule has 0 spiro atoms. The van der Waals surface area contributed by atoms with E-state index in [-0.39, 0.29) is 11.5 Å². The van der Waals surface area contributed by atoms with Crippen molar-refractivity contribution in [2.24, 2.45) is 0 Å². The molecule has 3 aromatic carbocycles. The van der Waals surface area contributed by atoms with Crippen LogP contribution in [0.5, 0.6) is 11.5 Å². The minimum absolute atomic E-state index is 0.175. The Bertz CT molecular complexity index is 1090. The number of carbonyl (C=O) groups excluding carboxylic acids is 1. The molecule has 0 fully saturated rings. The van der Waals surface area contributed by atoms with Gasteiger partial charge in [-0.3, -0.25) is 4.79 Å². The van der Waals surface area contributed by atoms with Crippen molar-refractivity contribution in [3.63, 3.8) is 0 Å². The second-order valence-corrected chi connectivity index (χ2v) is 7.36. The molecule has 0 unspecified atom stereocenters. The first-order chi connectivity index (χ1) is 13.5. The van der Waals surface area contributed by atoms with Gasteiger partial charge in [0.15, 0.2) is 5.76 Å². The summed E-state index contributed by atoms with van der Waals surface area (Å²) in [6.45, 7) is 2.49. The topological polar surface area (TPSA) is 35.5 Å². The Morgan fingerprint density at radius 1 is 0.964 bits per heavy atom. The normalized spacial score (nSPS) is 14.1. The Balaban J connectivity index is 1.51. The molecular formula is C23H16Cl2O3. The molecule has 0 N–H and O–H groups in total. The van der Waals surface area contributed by atoms with Crippen LogP contribution in [-0.4, -0.2) is 5.78 Å². The highest BCUT2D eigenvalue weighted by molar-refractivity contribution is 6.42. The van der Waals surface area contributed by atoms with Crippen LogP contribution in [0.25, 0.3) is 6.08 Å². The van der Waals surface area contributed by atoms with Crippen molar-refractivity contribution in [3.05, 3.63) is 98.7 Å². The van der Waals surface area contributed by atoms with Gasteiger partial charge in [0.1, 0.15) is 18.1 Å². The van der Waals surface area contributed by atoms with Gasteiger partial charge in [-0.2, -0.15) is 0 Å². The molecule has 0 saturated carbocycles. The van der Waals surface area contributed by atoms with E-state index in [0.717, 1.165) is 11.1 Å². The van der Waals surface area contributed by atoms with Gasteiger partial charge in [-0.15, -0.1) is 0 Å². The number of hydrogen-bond donors (Lipinski definition) is 0. The molecule has 1 heterocycles. The zero-order valence-electron chi connectivity index (χ0n) is 15.0. The molecule has 3 aromatic rings. The number of ether oxygens (including phenoxy) is 2. The van der Waals surface area contributed by atoms with Gasteiger partial charge < -0.3 is 9.47 Å². The molecule has 0 bridgehead atoms. The third-order valence-corrected chi connectivity index (χ3v) is 5.15. The second kappa shape index (κ2) is 7.70. The average molecular weight is 411 g/mol. The molecule has 0 atom stereocenters. The summed E-state index contributed by atoms with van der Waals surface area (Å²) >= 11 is 12.0. The van der Waals surface area contributed by atoms with Crippen molar-refractivity contribution >= 4 is 35.1 Å². The molecule has 4 rings (SSSR count). The first kappa shape index (κ1) is 18.6. The SMILES string of the molecule is Cc1ccc(COc2ccc3c(c2)O/C(=C\c2ccc(Cl)c(Cl)c2)C3=O)cc1. The van der Waals surface area contributed by atoms with Crippen molar-refractivity contribution in [2.75, 3.05) is 0 Å². The van der Waals surface area contributed by atoms with Crippen LogP contribution in [0.4, 0.5) is 0 Å². The molecule has 0 radical (unpaired) electrons. The highest BCUT2D eigenvalue weighted by Gasteiger charge is 2.27. The van der Waals surface area contributed by atoms with Crippen LogP contribution in [0, 0.1) is 6.92 Å². The van der Waals surface area contributed by atoms with Crippen LogP contribution in [0.3, 0.4) is 0 Å². The van der Waals surface area contributed by atoms with Gasteiger partial charge in [0.05, 0.1) is 15.6 Å². The fourth-order valence-corrected chi connectivity index (χ4v) is 3.17. The lowest BCUT2D eigenvalue weighted by atomic mass is 10.1. The summed E-state index contributed by atoms with van der Waals surface area (Å²) in [7, 11) is 0. The predicted octanol–water partition coefficient (Wildman–Crippen LogP) is 6.50. The van der Waals surface area contributed by atoms with E-state index < -0.39 is 0 Å². The van der Waals surface area contributed by atoms with Crippen LogP contribution in [-0.2, 0) is 6.61 Å². The predicted molar refractivity (Wildman–Crippen MR) is 111 cm³/mol. The fourth-order valence-electron chi connectivity index (χ4n) is 2.86. The summed E-state index contributed by atoms with van der Waals surface area (Å²) in [5.41, 5.74) is 3.52. The largest absolute Gasteiger partial charge is 0.489 e. The lowest BCUT2D eigenvalue weighted by Crippen LogP contribution is -1.98. The number of benzene rings is 3. The van der Waals surface area contributed by atoms with E-state index in [0.29, 0.717) is 33.7 Å². The van der Waals surface area contributed by atoms with Crippen molar-refractivity contribution in [3.8, 4) is 11.5 Å². The Morgan fingerprint density at radius 3 is 2.50 bits per heavy atom.